The van der Waals surface area contributed by atoms with Crippen LogP contribution in [0.15, 0.2) is 30.0 Å². The molecule has 19 heteroatoms. The smallest absolute Gasteiger partial charge is 0.430 e. The summed E-state index contributed by atoms with van der Waals surface area (Å²) in [5, 5.41) is 0. The molecule has 1 rings (SSSR count). The van der Waals surface area contributed by atoms with Gasteiger partial charge in [-0.15, -0.1) is 0 Å². The second-order valence-electron chi connectivity index (χ2n) is 6.71. The third kappa shape index (κ3) is 4.52. The van der Waals surface area contributed by atoms with Gasteiger partial charge in [0.05, 0.1) is 0 Å². The number of allylic oxidation sites excluding steroid dienone is 1. The van der Waals surface area contributed by atoms with Gasteiger partial charge in [0, 0.05) is 11.8 Å². The van der Waals surface area contributed by atoms with Gasteiger partial charge in [0.2, 0.25) is 5.83 Å². The predicted octanol–water partition coefficient (Wildman–Crippen LogP) is 7.44. The highest BCUT2D eigenvalue weighted by atomic mass is 19.4. The molecule has 0 saturated carbocycles. The number of hydrogen-bond donors (Lipinski definition) is 1. The van der Waals surface area contributed by atoms with Crippen LogP contribution in [0.4, 0.5) is 80.3 Å². The molecule has 1 aromatic rings. The van der Waals surface area contributed by atoms with Crippen LogP contribution in [0, 0.1) is 6.92 Å². The zero-order valence-corrected chi connectivity index (χ0v) is 16.1. The molecule has 0 spiro atoms. The lowest BCUT2D eigenvalue weighted by molar-refractivity contribution is -0.451. The monoisotopic (exact) mass is 553 g/mol. The molecule has 0 amide bonds. The highest BCUT2D eigenvalue weighted by Crippen LogP contribution is 2.63. The largest absolute Gasteiger partial charge is 0.460 e. The first-order valence-corrected chi connectivity index (χ1v) is 8.14. The van der Waals surface area contributed by atoms with E-state index in [0.717, 1.165) is 6.07 Å². The number of hydrogen-bond acceptors (Lipinski definition) is 2. The van der Waals surface area contributed by atoms with Crippen LogP contribution in [-0.4, -0.2) is 41.7 Å². The van der Waals surface area contributed by atoms with Gasteiger partial charge in [-0.05, 0) is 24.6 Å². The van der Waals surface area contributed by atoms with Crippen LogP contribution in [0.1, 0.15) is 5.56 Å². The Kier molecular flexibility index (Phi) is 7.38. The highest BCUT2D eigenvalue weighted by Gasteiger charge is 2.93. The van der Waals surface area contributed by atoms with Gasteiger partial charge in [-0.2, -0.15) is 74.6 Å². The fourth-order valence-corrected chi connectivity index (χ4v) is 2.21. The Balaban J connectivity index is 3.61. The summed E-state index contributed by atoms with van der Waals surface area (Å²) in [7, 11) is 0. The fourth-order valence-electron chi connectivity index (χ4n) is 2.21. The number of aryl methyl sites for hydroxylation is 1. The van der Waals surface area contributed by atoms with E-state index in [9.17, 15) is 74.6 Å². The molecule has 2 nitrogen and oxygen atoms in total. The minimum absolute atomic E-state index is 0.0179. The normalized spacial score (nSPS) is 15.7. The Bertz CT molecular complexity index is 959. The van der Waals surface area contributed by atoms with Crippen molar-refractivity contribution in [3.8, 4) is 5.75 Å². The minimum atomic E-state index is -8.63. The summed E-state index contributed by atoms with van der Waals surface area (Å²) < 4.78 is 227. The number of anilines is 1. The van der Waals surface area contributed by atoms with Gasteiger partial charge in [-0.25, -0.2) is 0 Å². The van der Waals surface area contributed by atoms with Crippen molar-refractivity contribution in [3.63, 3.8) is 0 Å². The lowest BCUT2D eigenvalue weighted by atomic mass is 9.91. The Labute approximate surface area is 182 Å². The van der Waals surface area contributed by atoms with Gasteiger partial charge in [0.15, 0.2) is 0 Å². The van der Waals surface area contributed by atoms with E-state index in [1.165, 1.54) is 6.92 Å². The van der Waals surface area contributed by atoms with Crippen molar-refractivity contribution in [2.45, 2.75) is 48.6 Å². The van der Waals surface area contributed by atoms with E-state index in [1.807, 2.05) is 0 Å². The average molecular weight is 553 g/mol. The zero-order chi connectivity index (χ0) is 28.2. The number of alkyl halides is 15. The van der Waals surface area contributed by atoms with E-state index in [4.69, 9.17) is 5.73 Å². The second kappa shape index (κ2) is 8.49. The molecule has 0 aliphatic rings. The van der Waals surface area contributed by atoms with Crippen LogP contribution >= 0.6 is 0 Å². The molecule has 35 heavy (non-hydrogen) atoms. The third-order valence-corrected chi connectivity index (χ3v) is 4.06. The lowest BCUT2D eigenvalue weighted by Crippen LogP contribution is -2.72. The summed E-state index contributed by atoms with van der Waals surface area (Å²) in [6.45, 7) is 1.17. The van der Waals surface area contributed by atoms with Crippen molar-refractivity contribution in [1.82, 2.24) is 0 Å². The van der Waals surface area contributed by atoms with Gasteiger partial charge < -0.3 is 10.5 Å². The third-order valence-electron chi connectivity index (χ3n) is 4.06. The maximum absolute atomic E-state index is 13.7. The lowest BCUT2D eigenvalue weighted by Gasteiger charge is -2.41. The number of benzene rings is 1. The molecule has 0 unspecified atom stereocenters. The standard InChI is InChI=1S/C16H8F17NO/c1-5-2-6(34)4-7(3-5)35-9(18)8(17)10(19,20)11(21,22)12(23,24)13(25,26)14(27,28)15(29,30)16(31,32)33/h2-4H,34H2,1H3. The van der Waals surface area contributed by atoms with Crippen molar-refractivity contribution in [1.29, 1.82) is 0 Å². The zero-order valence-electron chi connectivity index (χ0n) is 16.1. The summed E-state index contributed by atoms with van der Waals surface area (Å²) >= 11 is 0. The SMILES string of the molecule is Cc1cc(N)cc(OC(F)=C(F)C(F)(F)C(F)(F)C(F)(F)C(F)(F)C(F)(F)C(F)(F)C(F)(F)F)c1. The quantitative estimate of drug-likeness (QED) is 0.207. The molecular formula is C16H8F17NO. The molecule has 0 atom stereocenters. The summed E-state index contributed by atoms with van der Waals surface area (Å²) in [6.07, 6.45) is -7.78. The van der Waals surface area contributed by atoms with Crippen molar-refractivity contribution in [3.05, 3.63) is 35.6 Å². The molecule has 0 radical (unpaired) electrons. The topological polar surface area (TPSA) is 35.2 Å². The van der Waals surface area contributed by atoms with Crippen LogP contribution in [0.25, 0.3) is 0 Å². The van der Waals surface area contributed by atoms with Gasteiger partial charge >= 0.3 is 47.7 Å². The summed E-state index contributed by atoms with van der Waals surface area (Å²) in [6, 6.07) is -1.28. The van der Waals surface area contributed by atoms with Crippen LogP contribution in [-0.2, 0) is 0 Å². The summed E-state index contributed by atoms with van der Waals surface area (Å²) in [5.41, 5.74) is 4.86. The molecule has 0 bridgehead atoms. The van der Waals surface area contributed by atoms with E-state index in [0.29, 0.717) is 12.1 Å². The number of nitrogen functional groups attached to an aromatic ring is 1. The molecule has 0 aliphatic heterocycles. The number of nitrogens with two attached hydrogens (primary N) is 1. The molecule has 1 aromatic carbocycles. The van der Waals surface area contributed by atoms with Gasteiger partial charge in [-0.1, -0.05) is 0 Å². The van der Waals surface area contributed by atoms with Crippen molar-refractivity contribution >= 4 is 5.69 Å². The van der Waals surface area contributed by atoms with Gasteiger partial charge in [0.1, 0.15) is 5.75 Å². The summed E-state index contributed by atoms with van der Waals surface area (Å²) in [5.74, 6) is -55.2. The first-order chi connectivity index (χ1) is 15.2. The summed E-state index contributed by atoms with van der Waals surface area (Å²) in [4.78, 5) is 0. The van der Waals surface area contributed by atoms with E-state index in [-0.39, 0.29) is 11.3 Å². The van der Waals surface area contributed by atoms with Crippen LogP contribution < -0.4 is 10.5 Å². The molecule has 0 heterocycles. The number of halogens is 17. The van der Waals surface area contributed by atoms with Crippen molar-refractivity contribution in [2.24, 2.45) is 0 Å². The number of ether oxygens (including phenoxy) is 1. The van der Waals surface area contributed by atoms with E-state index in [2.05, 4.69) is 4.74 Å². The molecule has 0 saturated heterocycles. The minimum Gasteiger partial charge on any atom is -0.430 e. The molecule has 0 aliphatic carbocycles. The van der Waals surface area contributed by atoms with E-state index >= 15 is 0 Å². The number of rotatable bonds is 8. The van der Waals surface area contributed by atoms with Crippen molar-refractivity contribution < 1.29 is 79.4 Å². The first kappa shape index (κ1) is 30.4. The fraction of sp³-hybridized carbons (Fsp3) is 0.500. The van der Waals surface area contributed by atoms with Crippen molar-refractivity contribution in [2.75, 3.05) is 5.73 Å². The first-order valence-electron chi connectivity index (χ1n) is 8.14. The Morgan fingerprint density at radius 1 is 0.629 bits per heavy atom. The Morgan fingerprint density at radius 2 is 1.03 bits per heavy atom. The maximum atomic E-state index is 13.7. The van der Waals surface area contributed by atoms with Gasteiger partial charge in [-0.3, -0.25) is 0 Å². The van der Waals surface area contributed by atoms with E-state index < -0.39 is 59.3 Å². The van der Waals surface area contributed by atoms with Crippen LogP contribution in [0.2, 0.25) is 0 Å². The van der Waals surface area contributed by atoms with Crippen LogP contribution in [0.5, 0.6) is 5.75 Å². The molecule has 0 aromatic heterocycles. The average Bonchev–Trinajstić information content (AvgIpc) is 2.64. The predicted molar refractivity (Wildman–Crippen MR) is 81.2 cm³/mol. The Hall–Kier alpha value is -2.63. The van der Waals surface area contributed by atoms with Gasteiger partial charge in [0.25, 0.3) is 0 Å². The second-order valence-corrected chi connectivity index (χ2v) is 6.71. The Morgan fingerprint density at radius 3 is 1.43 bits per heavy atom. The van der Waals surface area contributed by atoms with Crippen LogP contribution in [0.3, 0.4) is 0 Å². The highest BCUT2D eigenvalue weighted by molar-refractivity contribution is 5.47. The molecule has 2 N–H and O–H groups in total. The van der Waals surface area contributed by atoms with E-state index in [1.54, 1.807) is 0 Å². The molecular weight excluding hydrogens is 545 g/mol. The molecule has 202 valence electrons. The maximum Gasteiger partial charge on any atom is 0.460 e. The molecule has 0 fully saturated rings.